The van der Waals surface area contributed by atoms with Crippen LogP contribution in [0.15, 0.2) is 48.5 Å². The molecule has 0 heterocycles. The molecule has 0 spiro atoms. The molecular formula is C19H21FN2O2. The number of anilines is 1. The molecule has 2 N–H and O–H groups in total. The molecule has 0 aliphatic carbocycles. The first kappa shape index (κ1) is 17.7. The van der Waals surface area contributed by atoms with E-state index in [4.69, 9.17) is 0 Å². The van der Waals surface area contributed by atoms with Crippen molar-refractivity contribution in [1.29, 1.82) is 0 Å². The summed E-state index contributed by atoms with van der Waals surface area (Å²) in [5.74, 6) is -1.55. The number of hydrogen-bond donors (Lipinski definition) is 2. The van der Waals surface area contributed by atoms with Crippen LogP contribution in [0.5, 0.6) is 0 Å². The number of halogens is 1. The van der Waals surface area contributed by atoms with Gasteiger partial charge < -0.3 is 10.6 Å². The SMILES string of the molecule is CC(C)c1ccccc1NC(=O)C(=O)NCCc1ccccc1F. The van der Waals surface area contributed by atoms with Gasteiger partial charge in [-0.3, -0.25) is 9.59 Å². The average Bonchev–Trinajstić information content (AvgIpc) is 2.56. The van der Waals surface area contributed by atoms with Crippen LogP contribution in [0.1, 0.15) is 30.9 Å². The fraction of sp³-hybridized carbons (Fsp3) is 0.263. The number of para-hydroxylation sites is 1. The van der Waals surface area contributed by atoms with Crippen molar-refractivity contribution >= 4 is 17.5 Å². The van der Waals surface area contributed by atoms with Gasteiger partial charge in [0.05, 0.1) is 0 Å². The lowest BCUT2D eigenvalue weighted by Gasteiger charge is -2.13. The standard InChI is InChI=1S/C19H21FN2O2/c1-13(2)15-8-4-6-10-17(15)22-19(24)18(23)21-12-11-14-7-3-5-9-16(14)20/h3-10,13H,11-12H2,1-2H3,(H,21,23)(H,22,24). The van der Waals surface area contributed by atoms with E-state index in [1.807, 2.05) is 26.0 Å². The van der Waals surface area contributed by atoms with Gasteiger partial charge in [-0.05, 0) is 35.6 Å². The summed E-state index contributed by atoms with van der Waals surface area (Å²) in [5, 5.41) is 5.14. The van der Waals surface area contributed by atoms with E-state index in [9.17, 15) is 14.0 Å². The van der Waals surface area contributed by atoms with Crippen LogP contribution >= 0.6 is 0 Å². The third-order valence-corrected chi connectivity index (χ3v) is 3.67. The van der Waals surface area contributed by atoms with Gasteiger partial charge in [0, 0.05) is 12.2 Å². The van der Waals surface area contributed by atoms with Crippen molar-refractivity contribution < 1.29 is 14.0 Å². The molecule has 0 bridgehead atoms. The van der Waals surface area contributed by atoms with Gasteiger partial charge in [-0.15, -0.1) is 0 Å². The van der Waals surface area contributed by atoms with Crippen molar-refractivity contribution in [2.24, 2.45) is 0 Å². The Morgan fingerprint density at radius 3 is 2.38 bits per heavy atom. The van der Waals surface area contributed by atoms with Crippen molar-refractivity contribution in [1.82, 2.24) is 5.32 Å². The Hall–Kier alpha value is -2.69. The number of nitrogens with one attached hydrogen (secondary N) is 2. The van der Waals surface area contributed by atoms with E-state index >= 15 is 0 Å². The van der Waals surface area contributed by atoms with Crippen LogP contribution in [0, 0.1) is 5.82 Å². The van der Waals surface area contributed by atoms with E-state index in [1.54, 1.807) is 30.3 Å². The van der Waals surface area contributed by atoms with Gasteiger partial charge in [-0.25, -0.2) is 4.39 Å². The predicted molar refractivity (Wildman–Crippen MR) is 92.3 cm³/mol. The first-order valence-corrected chi connectivity index (χ1v) is 7.90. The normalized spacial score (nSPS) is 10.5. The number of carbonyl (C=O) groups excluding carboxylic acids is 2. The van der Waals surface area contributed by atoms with Gasteiger partial charge in [-0.2, -0.15) is 0 Å². The third-order valence-electron chi connectivity index (χ3n) is 3.67. The highest BCUT2D eigenvalue weighted by molar-refractivity contribution is 6.39. The third kappa shape index (κ3) is 4.65. The van der Waals surface area contributed by atoms with Crippen LogP contribution in [0.4, 0.5) is 10.1 Å². The van der Waals surface area contributed by atoms with E-state index in [1.165, 1.54) is 6.07 Å². The molecule has 0 fully saturated rings. The van der Waals surface area contributed by atoms with Gasteiger partial charge in [0.25, 0.3) is 0 Å². The predicted octanol–water partition coefficient (Wildman–Crippen LogP) is 3.25. The van der Waals surface area contributed by atoms with E-state index < -0.39 is 11.8 Å². The smallest absolute Gasteiger partial charge is 0.313 e. The van der Waals surface area contributed by atoms with Crippen LogP contribution < -0.4 is 10.6 Å². The summed E-state index contributed by atoms with van der Waals surface area (Å²) in [6, 6.07) is 13.7. The fourth-order valence-corrected chi connectivity index (χ4v) is 2.39. The first-order valence-electron chi connectivity index (χ1n) is 7.90. The summed E-state index contributed by atoms with van der Waals surface area (Å²) in [6.07, 6.45) is 0.328. The summed E-state index contributed by atoms with van der Waals surface area (Å²) in [7, 11) is 0. The Kier molecular flexibility index (Phi) is 6.07. The van der Waals surface area contributed by atoms with Gasteiger partial charge in [0.2, 0.25) is 0 Å². The molecule has 0 aromatic heterocycles. The number of rotatable bonds is 5. The van der Waals surface area contributed by atoms with Gasteiger partial charge >= 0.3 is 11.8 Å². The molecule has 24 heavy (non-hydrogen) atoms. The molecule has 2 aromatic rings. The Morgan fingerprint density at radius 2 is 1.67 bits per heavy atom. The van der Waals surface area contributed by atoms with Crippen molar-refractivity contribution in [3.05, 3.63) is 65.5 Å². The van der Waals surface area contributed by atoms with E-state index in [-0.39, 0.29) is 18.3 Å². The summed E-state index contributed by atoms with van der Waals surface area (Å²) in [5.41, 5.74) is 2.09. The highest BCUT2D eigenvalue weighted by Crippen LogP contribution is 2.23. The molecule has 0 saturated heterocycles. The maximum Gasteiger partial charge on any atom is 0.313 e. The molecule has 0 atom stereocenters. The van der Waals surface area contributed by atoms with Crippen LogP contribution in [0.2, 0.25) is 0 Å². The molecule has 2 rings (SSSR count). The maximum absolute atomic E-state index is 13.5. The molecule has 0 aliphatic rings. The molecule has 0 radical (unpaired) electrons. The number of benzene rings is 2. The Balaban J connectivity index is 1.89. The highest BCUT2D eigenvalue weighted by Gasteiger charge is 2.15. The minimum absolute atomic E-state index is 0.193. The Labute approximate surface area is 141 Å². The quantitative estimate of drug-likeness (QED) is 0.828. The minimum Gasteiger partial charge on any atom is -0.347 e. The second kappa shape index (κ2) is 8.24. The van der Waals surface area contributed by atoms with Crippen molar-refractivity contribution in [2.45, 2.75) is 26.2 Å². The van der Waals surface area contributed by atoms with Crippen molar-refractivity contribution in [2.75, 3.05) is 11.9 Å². The molecule has 0 aliphatic heterocycles. The van der Waals surface area contributed by atoms with Crippen LogP contribution in [-0.2, 0) is 16.0 Å². The van der Waals surface area contributed by atoms with Gasteiger partial charge in [0.1, 0.15) is 5.82 Å². The molecule has 126 valence electrons. The highest BCUT2D eigenvalue weighted by atomic mass is 19.1. The molecule has 0 unspecified atom stereocenters. The lowest BCUT2D eigenvalue weighted by atomic mass is 10.0. The van der Waals surface area contributed by atoms with Gasteiger partial charge in [-0.1, -0.05) is 50.2 Å². The van der Waals surface area contributed by atoms with Crippen LogP contribution in [0.25, 0.3) is 0 Å². The topological polar surface area (TPSA) is 58.2 Å². The van der Waals surface area contributed by atoms with Crippen LogP contribution in [-0.4, -0.2) is 18.4 Å². The monoisotopic (exact) mass is 328 g/mol. The first-order chi connectivity index (χ1) is 11.5. The molecule has 0 saturated carbocycles. The van der Waals surface area contributed by atoms with Gasteiger partial charge in [0.15, 0.2) is 0 Å². The Morgan fingerprint density at radius 1 is 1.00 bits per heavy atom. The average molecular weight is 328 g/mol. The number of amides is 2. The second-order valence-electron chi connectivity index (χ2n) is 5.79. The van der Waals surface area contributed by atoms with E-state index in [0.29, 0.717) is 17.7 Å². The lowest BCUT2D eigenvalue weighted by molar-refractivity contribution is -0.136. The zero-order valence-electron chi connectivity index (χ0n) is 13.8. The molecule has 4 nitrogen and oxygen atoms in total. The summed E-state index contributed by atoms with van der Waals surface area (Å²) in [4.78, 5) is 23.9. The molecular weight excluding hydrogens is 307 g/mol. The van der Waals surface area contributed by atoms with Crippen molar-refractivity contribution in [3.63, 3.8) is 0 Å². The van der Waals surface area contributed by atoms with Crippen molar-refractivity contribution in [3.8, 4) is 0 Å². The van der Waals surface area contributed by atoms with E-state index in [0.717, 1.165) is 5.56 Å². The van der Waals surface area contributed by atoms with E-state index in [2.05, 4.69) is 10.6 Å². The molecule has 2 amide bonds. The molecule has 2 aromatic carbocycles. The zero-order valence-corrected chi connectivity index (χ0v) is 13.8. The second-order valence-corrected chi connectivity index (χ2v) is 5.79. The number of carbonyl (C=O) groups is 2. The summed E-state index contributed by atoms with van der Waals surface area (Å²) in [6.45, 7) is 4.22. The van der Waals surface area contributed by atoms with Crippen LogP contribution in [0.3, 0.4) is 0 Å². The summed E-state index contributed by atoms with van der Waals surface area (Å²) < 4.78 is 13.5. The zero-order chi connectivity index (χ0) is 17.5. The Bertz CT molecular complexity index is 729. The lowest BCUT2D eigenvalue weighted by Crippen LogP contribution is -2.36. The fourth-order valence-electron chi connectivity index (χ4n) is 2.39. The molecule has 5 heteroatoms. The number of hydrogen-bond acceptors (Lipinski definition) is 2. The minimum atomic E-state index is -0.732. The largest absolute Gasteiger partial charge is 0.347 e. The maximum atomic E-state index is 13.5. The summed E-state index contributed by atoms with van der Waals surface area (Å²) >= 11 is 0.